The Morgan fingerprint density at radius 3 is 2.29 bits per heavy atom. The predicted molar refractivity (Wildman–Crippen MR) is 99.7 cm³/mol. The Hall–Kier alpha value is -2.53. The second kappa shape index (κ2) is 7.36. The second-order valence-corrected chi connectivity index (χ2v) is 6.05. The minimum Gasteiger partial charge on any atom is -0.490 e. The summed E-state index contributed by atoms with van der Waals surface area (Å²) in [4.78, 5) is 4.74. The average Bonchev–Trinajstić information content (AvgIpc) is 3.07. The van der Waals surface area contributed by atoms with E-state index >= 15 is 0 Å². The van der Waals surface area contributed by atoms with Gasteiger partial charge in [0.25, 0.3) is 0 Å². The van der Waals surface area contributed by atoms with Crippen molar-refractivity contribution in [1.29, 1.82) is 0 Å². The number of ether oxygens (including phenoxy) is 2. The van der Waals surface area contributed by atoms with Crippen molar-refractivity contribution in [3.8, 4) is 33.3 Å². The van der Waals surface area contributed by atoms with Gasteiger partial charge >= 0.3 is 0 Å². The van der Waals surface area contributed by atoms with Gasteiger partial charge in [-0.25, -0.2) is 4.98 Å². The molecule has 0 bridgehead atoms. The van der Waals surface area contributed by atoms with Crippen molar-refractivity contribution in [3.63, 3.8) is 0 Å². The van der Waals surface area contributed by atoms with Crippen molar-refractivity contribution in [2.45, 2.75) is 13.8 Å². The molecule has 0 radical (unpaired) electrons. The zero-order valence-electron chi connectivity index (χ0n) is 13.8. The molecule has 0 aliphatic heterocycles. The van der Waals surface area contributed by atoms with Gasteiger partial charge in [-0.3, -0.25) is 0 Å². The van der Waals surface area contributed by atoms with E-state index in [0.29, 0.717) is 13.2 Å². The lowest BCUT2D eigenvalue weighted by molar-refractivity contribution is 0.288. The van der Waals surface area contributed by atoms with Crippen LogP contribution in [0.3, 0.4) is 0 Å². The molecule has 2 aromatic carbocycles. The smallest absolute Gasteiger partial charge is 0.161 e. The fourth-order valence-corrected chi connectivity index (χ4v) is 3.20. The van der Waals surface area contributed by atoms with E-state index in [-0.39, 0.29) is 0 Å². The fraction of sp³-hybridized carbons (Fsp3) is 0.211. The van der Waals surface area contributed by atoms with Crippen LogP contribution < -0.4 is 15.2 Å². The van der Waals surface area contributed by atoms with Crippen LogP contribution in [0.25, 0.3) is 21.8 Å². The summed E-state index contributed by atoms with van der Waals surface area (Å²) in [5, 5.41) is 3.00. The molecular formula is C19H20N2O2S. The molecule has 2 N–H and O–H groups in total. The molecule has 0 fully saturated rings. The summed E-state index contributed by atoms with van der Waals surface area (Å²) in [5.41, 5.74) is 9.52. The number of anilines is 1. The predicted octanol–water partition coefficient (Wildman–Crippen LogP) is 4.86. The molecule has 3 aromatic rings. The number of thiazole rings is 1. The van der Waals surface area contributed by atoms with Gasteiger partial charge in [0, 0.05) is 22.2 Å². The van der Waals surface area contributed by atoms with Gasteiger partial charge in [0.2, 0.25) is 0 Å². The van der Waals surface area contributed by atoms with Gasteiger partial charge in [0.1, 0.15) is 5.01 Å². The maximum atomic E-state index is 5.74. The quantitative estimate of drug-likeness (QED) is 0.651. The molecule has 0 unspecified atom stereocenters. The molecule has 4 nitrogen and oxygen atoms in total. The SMILES string of the molecule is CCOc1ccc(-c2nc(-c3ccc(N)cc3)cs2)cc1OCC. The fourth-order valence-electron chi connectivity index (χ4n) is 2.38. The van der Waals surface area contributed by atoms with E-state index in [4.69, 9.17) is 20.2 Å². The minimum atomic E-state index is 0.595. The maximum Gasteiger partial charge on any atom is 0.161 e. The first-order chi connectivity index (χ1) is 11.7. The Morgan fingerprint density at radius 2 is 1.58 bits per heavy atom. The zero-order valence-corrected chi connectivity index (χ0v) is 14.6. The molecule has 0 aliphatic rings. The van der Waals surface area contributed by atoms with E-state index in [2.05, 4.69) is 5.38 Å². The molecular weight excluding hydrogens is 320 g/mol. The molecule has 0 spiro atoms. The molecule has 0 amide bonds. The van der Waals surface area contributed by atoms with E-state index in [9.17, 15) is 0 Å². The monoisotopic (exact) mass is 340 g/mol. The van der Waals surface area contributed by atoms with Crippen molar-refractivity contribution < 1.29 is 9.47 Å². The van der Waals surface area contributed by atoms with Gasteiger partial charge in [-0.15, -0.1) is 11.3 Å². The van der Waals surface area contributed by atoms with Crippen LogP contribution >= 0.6 is 11.3 Å². The van der Waals surface area contributed by atoms with Crippen molar-refractivity contribution in [3.05, 3.63) is 47.8 Å². The van der Waals surface area contributed by atoms with E-state index < -0.39 is 0 Å². The van der Waals surface area contributed by atoms with Crippen molar-refractivity contribution in [2.24, 2.45) is 0 Å². The highest BCUT2D eigenvalue weighted by atomic mass is 32.1. The topological polar surface area (TPSA) is 57.4 Å². The van der Waals surface area contributed by atoms with Crippen LogP contribution in [0.1, 0.15) is 13.8 Å². The Kier molecular flexibility index (Phi) is 5.01. The summed E-state index contributed by atoms with van der Waals surface area (Å²) >= 11 is 1.61. The summed E-state index contributed by atoms with van der Waals surface area (Å²) in [6.45, 7) is 5.13. The highest BCUT2D eigenvalue weighted by Crippen LogP contribution is 2.35. The van der Waals surface area contributed by atoms with E-state index in [1.807, 2.05) is 56.3 Å². The summed E-state index contributed by atoms with van der Waals surface area (Å²) in [7, 11) is 0. The normalized spacial score (nSPS) is 10.6. The van der Waals surface area contributed by atoms with E-state index in [0.717, 1.165) is 39.0 Å². The molecule has 124 valence electrons. The average molecular weight is 340 g/mol. The van der Waals surface area contributed by atoms with Crippen LogP contribution in [0.4, 0.5) is 5.69 Å². The molecule has 0 aliphatic carbocycles. The first kappa shape index (κ1) is 16.3. The Balaban J connectivity index is 1.91. The van der Waals surface area contributed by atoms with Crippen LogP contribution in [0.15, 0.2) is 47.8 Å². The molecule has 0 saturated carbocycles. The number of rotatable bonds is 6. The van der Waals surface area contributed by atoms with E-state index in [1.54, 1.807) is 11.3 Å². The van der Waals surface area contributed by atoms with Gasteiger partial charge in [0.15, 0.2) is 11.5 Å². The van der Waals surface area contributed by atoms with Crippen LogP contribution in [0.5, 0.6) is 11.5 Å². The van der Waals surface area contributed by atoms with Crippen molar-refractivity contribution in [1.82, 2.24) is 4.98 Å². The number of hydrogen-bond acceptors (Lipinski definition) is 5. The summed E-state index contributed by atoms with van der Waals surface area (Å²) in [6, 6.07) is 13.7. The van der Waals surface area contributed by atoms with Crippen LogP contribution in [-0.2, 0) is 0 Å². The van der Waals surface area contributed by atoms with Gasteiger partial charge in [-0.2, -0.15) is 0 Å². The Bertz CT molecular complexity index is 812. The standard InChI is InChI=1S/C19H20N2O2S/c1-3-22-17-10-7-14(11-18(17)23-4-2)19-21-16(12-24-19)13-5-8-15(20)9-6-13/h5-12H,3-4,20H2,1-2H3. The number of nitrogens with zero attached hydrogens (tertiary/aromatic N) is 1. The largest absolute Gasteiger partial charge is 0.490 e. The second-order valence-electron chi connectivity index (χ2n) is 5.19. The Labute approximate surface area is 145 Å². The molecule has 1 aromatic heterocycles. The zero-order chi connectivity index (χ0) is 16.9. The lowest BCUT2D eigenvalue weighted by Gasteiger charge is -2.11. The van der Waals surface area contributed by atoms with Crippen LogP contribution in [-0.4, -0.2) is 18.2 Å². The van der Waals surface area contributed by atoms with Crippen LogP contribution in [0, 0.1) is 0 Å². The Morgan fingerprint density at radius 1 is 0.917 bits per heavy atom. The number of hydrogen-bond donors (Lipinski definition) is 1. The van der Waals surface area contributed by atoms with Crippen molar-refractivity contribution >= 4 is 17.0 Å². The van der Waals surface area contributed by atoms with Gasteiger partial charge < -0.3 is 15.2 Å². The summed E-state index contributed by atoms with van der Waals surface area (Å²) < 4.78 is 11.3. The number of nitrogens with two attached hydrogens (primary N) is 1. The lowest BCUT2D eigenvalue weighted by Crippen LogP contribution is -1.98. The number of nitrogen functional groups attached to an aromatic ring is 1. The molecule has 0 saturated heterocycles. The first-order valence-electron chi connectivity index (χ1n) is 7.92. The van der Waals surface area contributed by atoms with Crippen LogP contribution in [0.2, 0.25) is 0 Å². The third-order valence-electron chi connectivity index (χ3n) is 3.50. The van der Waals surface area contributed by atoms with Gasteiger partial charge in [-0.1, -0.05) is 12.1 Å². The van der Waals surface area contributed by atoms with Crippen molar-refractivity contribution in [2.75, 3.05) is 18.9 Å². The van der Waals surface area contributed by atoms with E-state index in [1.165, 1.54) is 0 Å². The number of aromatic nitrogens is 1. The minimum absolute atomic E-state index is 0.595. The summed E-state index contributed by atoms with van der Waals surface area (Å²) in [6.07, 6.45) is 0. The number of benzene rings is 2. The molecule has 5 heteroatoms. The molecule has 24 heavy (non-hydrogen) atoms. The molecule has 1 heterocycles. The summed E-state index contributed by atoms with van der Waals surface area (Å²) in [5.74, 6) is 1.51. The highest BCUT2D eigenvalue weighted by Gasteiger charge is 2.11. The third-order valence-corrected chi connectivity index (χ3v) is 4.39. The molecule has 0 atom stereocenters. The maximum absolute atomic E-state index is 5.74. The lowest BCUT2D eigenvalue weighted by atomic mass is 10.1. The van der Waals surface area contributed by atoms with Gasteiger partial charge in [0.05, 0.1) is 18.9 Å². The molecule has 3 rings (SSSR count). The third kappa shape index (κ3) is 3.51. The first-order valence-corrected chi connectivity index (χ1v) is 8.80. The highest BCUT2D eigenvalue weighted by molar-refractivity contribution is 7.13. The van der Waals surface area contributed by atoms with Gasteiger partial charge in [-0.05, 0) is 44.2 Å².